The smallest absolute Gasteiger partial charge is 0.289 e. The van der Waals surface area contributed by atoms with Crippen LogP contribution in [-0.2, 0) is 12.0 Å². The standard InChI is InChI=1S/C27H27FN2S/c1-2-31-20-12-19-25-21-30(26(28)29-25)27(22-13-6-3-7-14-22,23-15-8-4-9-16-23)24-17-10-5-11-18-24/h3-11,13-18,21H,2,12,19-20H2,1H3. The van der Waals surface area contributed by atoms with Crippen molar-refractivity contribution in [3.8, 4) is 0 Å². The van der Waals surface area contributed by atoms with Gasteiger partial charge in [-0.15, -0.1) is 0 Å². The number of benzene rings is 3. The van der Waals surface area contributed by atoms with Gasteiger partial charge in [-0.25, -0.2) is 4.98 Å². The Morgan fingerprint density at radius 1 is 0.806 bits per heavy atom. The summed E-state index contributed by atoms with van der Waals surface area (Å²) in [5.74, 6) is 2.16. The predicted octanol–water partition coefficient (Wildman–Crippen LogP) is 6.55. The molecule has 0 aliphatic rings. The van der Waals surface area contributed by atoms with Gasteiger partial charge in [-0.05, 0) is 41.0 Å². The molecule has 4 rings (SSSR count). The second-order valence-electron chi connectivity index (χ2n) is 7.48. The summed E-state index contributed by atoms with van der Waals surface area (Å²) in [5, 5.41) is 0. The van der Waals surface area contributed by atoms with Crippen molar-refractivity contribution in [3.05, 3.63) is 126 Å². The molecule has 0 saturated carbocycles. The quantitative estimate of drug-likeness (QED) is 0.221. The topological polar surface area (TPSA) is 17.8 Å². The van der Waals surface area contributed by atoms with Crippen molar-refractivity contribution in [2.45, 2.75) is 25.3 Å². The fourth-order valence-corrected chi connectivity index (χ4v) is 4.85. The number of thioether (sulfide) groups is 1. The summed E-state index contributed by atoms with van der Waals surface area (Å²) in [7, 11) is 0. The van der Waals surface area contributed by atoms with E-state index in [1.54, 1.807) is 4.57 Å². The van der Waals surface area contributed by atoms with Crippen molar-refractivity contribution in [1.29, 1.82) is 0 Å². The van der Waals surface area contributed by atoms with Crippen molar-refractivity contribution in [3.63, 3.8) is 0 Å². The molecule has 0 fully saturated rings. The van der Waals surface area contributed by atoms with E-state index in [1.807, 2.05) is 72.6 Å². The van der Waals surface area contributed by atoms with E-state index >= 15 is 4.39 Å². The molecule has 0 aliphatic carbocycles. The first-order valence-electron chi connectivity index (χ1n) is 10.8. The number of hydrogen-bond acceptors (Lipinski definition) is 2. The van der Waals surface area contributed by atoms with Gasteiger partial charge in [-0.3, -0.25) is 4.57 Å². The van der Waals surface area contributed by atoms with E-state index in [4.69, 9.17) is 0 Å². The lowest BCUT2D eigenvalue weighted by Crippen LogP contribution is -2.38. The highest BCUT2D eigenvalue weighted by molar-refractivity contribution is 7.99. The second kappa shape index (κ2) is 9.97. The third kappa shape index (κ3) is 4.31. The Labute approximate surface area is 188 Å². The molecule has 0 bridgehead atoms. The SMILES string of the molecule is CCSCCCc1cn(C(c2ccccc2)(c2ccccc2)c2ccccc2)c(F)n1. The van der Waals surface area contributed by atoms with E-state index in [0.29, 0.717) is 0 Å². The van der Waals surface area contributed by atoms with Crippen molar-refractivity contribution in [2.24, 2.45) is 0 Å². The summed E-state index contributed by atoms with van der Waals surface area (Å²) in [6.07, 6.45) is 3.20. The van der Waals surface area contributed by atoms with E-state index in [-0.39, 0.29) is 0 Å². The van der Waals surface area contributed by atoms with Crippen LogP contribution >= 0.6 is 11.8 Å². The molecule has 3 aromatic carbocycles. The van der Waals surface area contributed by atoms with Gasteiger partial charge in [-0.1, -0.05) is 97.9 Å². The lowest BCUT2D eigenvalue weighted by molar-refractivity contribution is 0.397. The molecule has 0 amide bonds. The summed E-state index contributed by atoms with van der Waals surface area (Å²) in [4.78, 5) is 4.34. The molecular weight excluding hydrogens is 403 g/mol. The molecule has 0 unspecified atom stereocenters. The van der Waals surface area contributed by atoms with Gasteiger partial charge in [0.05, 0.1) is 5.69 Å². The van der Waals surface area contributed by atoms with Crippen LogP contribution < -0.4 is 0 Å². The molecular formula is C27H27FN2S. The van der Waals surface area contributed by atoms with Gasteiger partial charge < -0.3 is 0 Å². The first-order chi connectivity index (χ1) is 15.3. The molecule has 4 heteroatoms. The van der Waals surface area contributed by atoms with Crippen LogP contribution in [0.4, 0.5) is 4.39 Å². The number of hydrogen-bond donors (Lipinski definition) is 0. The lowest BCUT2D eigenvalue weighted by atomic mass is 9.76. The maximum atomic E-state index is 15.6. The highest BCUT2D eigenvalue weighted by Crippen LogP contribution is 2.41. The van der Waals surface area contributed by atoms with E-state index in [2.05, 4.69) is 48.3 Å². The summed E-state index contributed by atoms with van der Waals surface area (Å²) in [6, 6.07) is 30.4. The van der Waals surface area contributed by atoms with E-state index < -0.39 is 11.6 Å². The molecule has 0 N–H and O–H groups in total. The summed E-state index contributed by atoms with van der Waals surface area (Å²) in [5.41, 5.74) is 2.93. The van der Waals surface area contributed by atoms with E-state index in [1.165, 1.54) is 0 Å². The van der Waals surface area contributed by atoms with E-state index in [0.717, 1.165) is 46.7 Å². The van der Waals surface area contributed by atoms with Gasteiger partial charge >= 0.3 is 0 Å². The summed E-state index contributed by atoms with van der Waals surface area (Å²) >= 11 is 1.91. The van der Waals surface area contributed by atoms with Crippen LogP contribution in [0.1, 0.15) is 35.7 Å². The largest absolute Gasteiger partial charge is 0.290 e. The average molecular weight is 431 g/mol. The molecule has 1 aromatic heterocycles. The Balaban J connectivity index is 1.93. The minimum Gasteiger partial charge on any atom is -0.289 e. The van der Waals surface area contributed by atoms with Crippen molar-refractivity contribution >= 4 is 11.8 Å². The maximum Gasteiger partial charge on any atom is 0.290 e. The van der Waals surface area contributed by atoms with Gasteiger partial charge in [0.25, 0.3) is 6.08 Å². The average Bonchev–Trinajstić information content (AvgIpc) is 3.20. The molecule has 0 aliphatic heterocycles. The fraction of sp³-hybridized carbons (Fsp3) is 0.222. The molecule has 0 spiro atoms. The minimum absolute atomic E-state index is 0.463. The van der Waals surface area contributed by atoms with E-state index in [9.17, 15) is 0 Å². The number of halogens is 1. The van der Waals surface area contributed by atoms with Crippen LogP contribution in [0.25, 0.3) is 0 Å². The van der Waals surface area contributed by atoms with Crippen molar-refractivity contribution in [1.82, 2.24) is 9.55 Å². The molecule has 0 atom stereocenters. The van der Waals surface area contributed by atoms with Gasteiger partial charge in [-0.2, -0.15) is 16.2 Å². The van der Waals surface area contributed by atoms with Gasteiger partial charge in [0.1, 0.15) is 5.54 Å². The monoisotopic (exact) mass is 430 g/mol. The third-order valence-corrected chi connectivity index (χ3v) is 6.56. The van der Waals surface area contributed by atoms with Crippen LogP contribution in [-0.4, -0.2) is 21.1 Å². The third-order valence-electron chi connectivity index (χ3n) is 5.57. The summed E-state index contributed by atoms with van der Waals surface area (Å²) < 4.78 is 17.3. The number of imidazole rings is 1. The zero-order chi connectivity index (χ0) is 21.5. The maximum absolute atomic E-state index is 15.6. The molecule has 4 aromatic rings. The van der Waals surface area contributed by atoms with Crippen LogP contribution in [0.5, 0.6) is 0 Å². The Morgan fingerprint density at radius 3 is 1.74 bits per heavy atom. The number of aromatic nitrogens is 2. The number of nitrogens with zero attached hydrogens (tertiary/aromatic N) is 2. The molecule has 31 heavy (non-hydrogen) atoms. The van der Waals surface area contributed by atoms with Crippen LogP contribution in [0, 0.1) is 6.08 Å². The fourth-order valence-electron chi connectivity index (χ4n) is 4.21. The van der Waals surface area contributed by atoms with Gasteiger partial charge in [0.2, 0.25) is 0 Å². The predicted molar refractivity (Wildman–Crippen MR) is 128 cm³/mol. The molecule has 0 radical (unpaired) electrons. The van der Waals surface area contributed by atoms with Gasteiger partial charge in [0.15, 0.2) is 0 Å². The normalized spacial score (nSPS) is 11.5. The first kappa shape index (κ1) is 21.4. The Kier molecular flexibility index (Phi) is 6.88. The number of rotatable bonds is 9. The van der Waals surface area contributed by atoms with Gasteiger partial charge in [0, 0.05) is 6.20 Å². The molecule has 158 valence electrons. The van der Waals surface area contributed by atoms with Crippen LogP contribution in [0.2, 0.25) is 0 Å². The number of aryl methyl sites for hydroxylation is 1. The molecule has 0 saturated heterocycles. The summed E-state index contributed by atoms with van der Waals surface area (Å²) in [6.45, 7) is 2.16. The Bertz CT molecular complexity index is 982. The lowest BCUT2D eigenvalue weighted by Gasteiger charge is -2.37. The van der Waals surface area contributed by atoms with Crippen molar-refractivity contribution in [2.75, 3.05) is 11.5 Å². The van der Waals surface area contributed by atoms with Crippen LogP contribution in [0.15, 0.2) is 97.2 Å². The minimum atomic E-state index is -0.850. The highest BCUT2D eigenvalue weighted by Gasteiger charge is 2.40. The van der Waals surface area contributed by atoms with Crippen molar-refractivity contribution < 1.29 is 4.39 Å². The first-order valence-corrected chi connectivity index (χ1v) is 11.9. The highest BCUT2D eigenvalue weighted by atomic mass is 32.2. The molecule has 2 nitrogen and oxygen atoms in total. The molecule has 1 heterocycles. The zero-order valence-corrected chi connectivity index (χ0v) is 18.6. The Morgan fingerprint density at radius 2 is 1.29 bits per heavy atom. The Hall–Kier alpha value is -2.85. The van der Waals surface area contributed by atoms with Crippen LogP contribution in [0.3, 0.4) is 0 Å². The second-order valence-corrected chi connectivity index (χ2v) is 8.87. The zero-order valence-electron chi connectivity index (χ0n) is 17.7.